The van der Waals surface area contributed by atoms with E-state index in [-0.39, 0.29) is 11.7 Å². The van der Waals surface area contributed by atoms with Crippen LogP contribution in [-0.4, -0.2) is 62.5 Å². The number of amides is 1. The molecule has 4 rings (SSSR count). The number of aromatic nitrogens is 4. The van der Waals surface area contributed by atoms with Crippen LogP contribution in [0.2, 0.25) is 0 Å². The van der Waals surface area contributed by atoms with Crippen LogP contribution in [0.1, 0.15) is 39.0 Å². The molecule has 0 aliphatic carbocycles. The number of Topliss-reactive ketones (excluding diaryl/α,β-unsaturated/α-hetero) is 1. The highest BCUT2D eigenvalue weighted by Gasteiger charge is 2.23. The highest BCUT2D eigenvalue weighted by molar-refractivity contribution is 5.97. The molecule has 0 radical (unpaired) electrons. The highest BCUT2D eigenvalue weighted by Crippen LogP contribution is 2.18. The molecule has 0 N–H and O–H groups in total. The zero-order valence-corrected chi connectivity index (χ0v) is 17.4. The normalized spacial score (nSPS) is 14.1. The third kappa shape index (κ3) is 3.94. The fraction of sp³-hybridized carbons (Fsp3) is 0.318. The summed E-state index contributed by atoms with van der Waals surface area (Å²) < 4.78 is 1.81. The Hall–Kier alpha value is -3.55. The molecule has 0 saturated carbocycles. The Bertz CT molecular complexity index is 1080. The zero-order valence-electron chi connectivity index (χ0n) is 17.4. The number of piperazine rings is 1. The van der Waals surface area contributed by atoms with Crippen LogP contribution in [-0.2, 0) is 0 Å². The van der Waals surface area contributed by atoms with E-state index in [1.54, 1.807) is 30.6 Å². The van der Waals surface area contributed by atoms with E-state index in [4.69, 9.17) is 0 Å². The molecule has 1 aliphatic heterocycles. The van der Waals surface area contributed by atoms with Gasteiger partial charge in [0.2, 0.25) is 0 Å². The molecule has 1 saturated heterocycles. The van der Waals surface area contributed by atoms with E-state index in [2.05, 4.69) is 20.0 Å². The van der Waals surface area contributed by atoms with Gasteiger partial charge in [-0.25, -0.2) is 14.6 Å². The van der Waals surface area contributed by atoms with Crippen LogP contribution < -0.4 is 4.90 Å². The van der Waals surface area contributed by atoms with E-state index in [0.717, 1.165) is 23.0 Å². The minimum atomic E-state index is -0.0178. The summed E-state index contributed by atoms with van der Waals surface area (Å²) in [7, 11) is 0. The minimum absolute atomic E-state index is 0.00713. The fourth-order valence-electron chi connectivity index (χ4n) is 3.66. The van der Waals surface area contributed by atoms with Crippen LogP contribution in [0.25, 0.3) is 5.82 Å². The molecule has 0 unspecified atom stereocenters. The van der Waals surface area contributed by atoms with Crippen LogP contribution in [0.3, 0.4) is 0 Å². The minimum Gasteiger partial charge on any atom is -0.353 e. The maximum absolute atomic E-state index is 12.8. The lowest BCUT2D eigenvalue weighted by Gasteiger charge is -2.35. The van der Waals surface area contributed by atoms with Gasteiger partial charge in [-0.15, -0.1) is 0 Å². The summed E-state index contributed by atoms with van der Waals surface area (Å²) in [5, 5.41) is 4.49. The molecule has 8 heteroatoms. The first-order valence-electron chi connectivity index (χ1n) is 9.93. The molecule has 1 amide bonds. The van der Waals surface area contributed by atoms with E-state index in [9.17, 15) is 9.59 Å². The van der Waals surface area contributed by atoms with E-state index < -0.39 is 0 Å². The molecule has 0 spiro atoms. The molecule has 2 aromatic heterocycles. The third-order valence-corrected chi connectivity index (χ3v) is 5.29. The van der Waals surface area contributed by atoms with Crippen LogP contribution in [0.4, 0.5) is 5.82 Å². The Morgan fingerprint density at radius 3 is 2.10 bits per heavy atom. The molecule has 3 aromatic rings. The Morgan fingerprint density at radius 1 is 0.867 bits per heavy atom. The van der Waals surface area contributed by atoms with Crippen molar-refractivity contribution >= 4 is 17.5 Å². The second-order valence-corrected chi connectivity index (χ2v) is 7.49. The number of anilines is 1. The lowest BCUT2D eigenvalue weighted by atomic mass is 10.1. The van der Waals surface area contributed by atoms with Crippen LogP contribution >= 0.6 is 0 Å². The van der Waals surface area contributed by atoms with Gasteiger partial charge in [0.25, 0.3) is 5.91 Å². The first kappa shape index (κ1) is 19.8. The van der Waals surface area contributed by atoms with Gasteiger partial charge < -0.3 is 9.80 Å². The van der Waals surface area contributed by atoms with Gasteiger partial charge in [-0.1, -0.05) is 12.1 Å². The van der Waals surface area contributed by atoms with Crippen molar-refractivity contribution in [1.29, 1.82) is 0 Å². The van der Waals surface area contributed by atoms with Gasteiger partial charge >= 0.3 is 0 Å². The summed E-state index contributed by atoms with van der Waals surface area (Å²) in [6, 6.07) is 10.8. The lowest BCUT2D eigenvalue weighted by molar-refractivity contribution is 0.0746. The molecule has 154 valence electrons. The number of hydrogen-bond acceptors (Lipinski definition) is 6. The van der Waals surface area contributed by atoms with Gasteiger partial charge in [0.05, 0.1) is 5.69 Å². The number of rotatable bonds is 4. The van der Waals surface area contributed by atoms with E-state index >= 15 is 0 Å². The maximum Gasteiger partial charge on any atom is 0.253 e. The summed E-state index contributed by atoms with van der Waals surface area (Å²) in [6.07, 6.45) is 1.55. The summed E-state index contributed by atoms with van der Waals surface area (Å²) in [5.41, 5.74) is 3.17. The van der Waals surface area contributed by atoms with Gasteiger partial charge in [-0.2, -0.15) is 5.10 Å². The third-order valence-electron chi connectivity index (χ3n) is 5.29. The molecule has 1 aromatic carbocycles. The molecule has 3 heterocycles. The van der Waals surface area contributed by atoms with Gasteiger partial charge in [-0.3, -0.25) is 9.59 Å². The number of carbonyl (C=O) groups is 2. The smallest absolute Gasteiger partial charge is 0.253 e. The van der Waals surface area contributed by atoms with Crippen LogP contribution in [0.15, 0.2) is 42.7 Å². The second kappa shape index (κ2) is 8.06. The molecule has 1 aliphatic rings. The molecule has 0 atom stereocenters. The van der Waals surface area contributed by atoms with Gasteiger partial charge in [-0.05, 0) is 39.0 Å². The summed E-state index contributed by atoms with van der Waals surface area (Å²) in [6.45, 7) is 8.04. The van der Waals surface area contributed by atoms with Crippen molar-refractivity contribution in [2.45, 2.75) is 20.8 Å². The average Bonchev–Trinajstić information content (AvgIpc) is 3.11. The first-order valence-corrected chi connectivity index (χ1v) is 9.93. The highest BCUT2D eigenvalue weighted by atomic mass is 16.2. The quantitative estimate of drug-likeness (QED) is 0.621. The lowest BCUT2D eigenvalue weighted by Crippen LogP contribution is -2.49. The fourth-order valence-corrected chi connectivity index (χ4v) is 3.66. The van der Waals surface area contributed by atoms with Crippen molar-refractivity contribution < 1.29 is 9.59 Å². The van der Waals surface area contributed by atoms with E-state index in [0.29, 0.717) is 37.3 Å². The standard InChI is InChI=1S/C22H24N6O2/c1-15-12-16(2)28(25-15)21-13-20(23-14-24-21)26-8-10-27(11-9-26)22(30)19-6-4-18(5-7-19)17(3)29/h4-7,12-14H,8-11H2,1-3H3. The molecular formula is C22H24N6O2. The van der Waals surface area contributed by atoms with Gasteiger partial charge in [0.15, 0.2) is 11.6 Å². The van der Waals surface area contributed by atoms with Crippen molar-refractivity contribution in [3.05, 3.63) is 65.2 Å². The number of aryl methyl sites for hydroxylation is 2. The molecule has 30 heavy (non-hydrogen) atoms. The van der Waals surface area contributed by atoms with Crippen molar-refractivity contribution in [3.8, 4) is 5.82 Å². The summed E-state index contributed by atoms with van der Waals surface area (Å²) in [4.78, 5) is 37.0. The second-order valence-electron chi connectivity index (χ2n) is 7.49. The van der Waals surface area contributed by atoms with Crippen molar-refractivity contribution in [1.82, 2.24) is 24.6 Å². The van der Waals surface area contributed by atoms with E-state index in [1.807, 2.05) is 35.6 Å². The predicted octanol–water partition coefficient (Wildman–Crippen LogP) is 2.44. The number of ketones is 1. The average molecular weight is 404 g/mol. The number of nitrogens with zero attached hydrogens (tertiary/aromatic N) is 6. The largest absolute Gasteiger partial charge is 0.353 e. The number of hydrogen-bond donors (Lipinski definition) is 0. The van der Waals surface area contributed by atoms with Gasteiger partial charge in [0, 0.05) is 49.1 Å². The Balaban J connectivity index is 1.43. The Morgan fingerprint density at radius 2 is 1.50 bits per heavy atom. The van der Waals surface area contributed by atoms with Crippen LogP contribution in [0.5, 0.6) is 0 Å². The van der Waals surface area contributed by atoms with Crippen LogP contribution in [0, 0.1) is 13.8 Å². The maximum atomic E-state index is 12.8. The van der Waals surface area contributed by atoms with E-state index in [1.165, 1.54) is 6.92 Å². The first-order chi connectivity index (χ1) is 14.4. The molecule has 1 fully saturated rings. The Kier molecular flexibility index (Phi) is 5.31. The predicted molar refractivity (Wildman–Crippen MR) is 113 cm³/mol. The van der Waals surface area contributed by atoms with Gasteiger partial charge in [0.1, 0.15) is 12.1 Å². The monoisotopic (exact) mass is 404 g/mol. The number of benzene rings is 1. The number of carbonyl (C=O) groups excluding carboxylic acids is 2. The molecule has 0 bridgehead atoms. The Labute approximate surface area is 175 Å². The summed E-state index contributed by atoms with van der Waals surface area (Å²) in [5.74, 6) is 1.53. The topological polar surface area (TPSA) is 84.2 Å². The summed E-state index contributed by atoms with van der Waals surface area (Å²) >= 11 is 0. The zero-order chi connectivity index (χ0) is 21.3. The van der Waals surface area contributed by atoms with Crippen molar-refractivity contribution in [3.63, 3.8) is 0 Å². The SMILES string of the molecule is CC(=O)c1ccc(C(=O)N2CCN(c3cc(-n4nc(C)cc4C)ncn3)CC2)cc1. The molecule has 8 nitrogen and oxygen atoms in total. The van der Waals surface area contributed by atoms with Crippen molar-refractivity contribution in [2.24, 2.45) is 0 Å². The van der Waals surface area contributed by atoms with Crippen molar-refractivity contribution in [2.75, 3.05) is 31.1 Å². The molecular weight excluding hydrogens is 380 g/mol.